The van der Waals surface area contributed by atoms with E-state index in [9.17, 15) is 0 Å². The molecule has 26 heavy (non-hydrogen) atoms. The second-order valence-corrected chi connectivity index (χ2v) is 7.83. The third-order valence-corrected chi connectivity index (χ3v) is 5.91. The highest BCUT2D eigenvalue weighted by molar-refractivity contribution is 5.12. The Balaban J connectivity index is 1.30. The maximum atomic E-state index is 5.93. The first-order valence-electron chi connectivity index (χ1n) is 9.66. The van der Waals surface area contributed by atoms with Crippen LogP contribution in [0.2, 0.25) is 0 Å². The Labute approximate surface area is 155 Å². The Bertz CT molecular complexity index is 710. The molecule has 2 fully saturated rings. The average molecular weight is 355 g/mol. The van der Waals surface area contributed by atoms with E-state index in [1.807, 2.05) is 29.1 Å². The van der Waals surface area contributed by atoms with Gasteiger partial charge in [0.25, 0.3) is 0 Å². The van der Waals surface area contributed by atoms with Crippen molar-refractivity contribution in [1.82, 2.24) is 24.6 Å². The van der Waals surface area contributed by atoms with Crippen molar-refractivity contribution in [2.75, 3.05) is 33.3 Å². The summed E-state index contributed by atoms with van der Waals surface area (Å²) in [5.41, 5.74) is 1.63. The Kier molecular flexibility index (Phi) is 4.96. The van der Waals surface area contributed by atoms with Crippen LogP contribution in [0.5, 0.6) is 5.88 Å². The Morgan fingerprint density at radius 1 is 1.31 bits per heavy atom. The van der Waals surface area contributed by atoms with Crippen molar-refractivity contribution in [3.8, 4) is 5.88 Å². The number of aryl methyl sites for hydroxylation is 1. The third-order valence-electron chi connectivity index (χ3n) is 5.91. The quantitative estimate of drug-likeness (QED) is 0.795. The molecule has 0 amide bonds. The lowest BCUT2D eigenvalue weighted by atomic mass is 9.75. The summed E-state index contributed by atoms with van der Waals surface area (Å²) < 4.78 is 7.93. The minimum Gasteiger partial charge on any atom is -0.477 e. The van der Waals surface area contributed by atoms with Gasteiger partial charge in [-0.1, -0.05) is 6.07 Å². The average Bonchev–Trinajstić information content (AvgIpc) is 3.09. The van der Waals surface area contributed by atoms with Crippen molar-refractivity contribution in [3.63, 3.8) is 0 Å². The predicted octanol–water partition coefficient (Wildman–Crippen LogP) is 2.27. The smallest absolute Gasteiger partial charge is 0.213 e. The van der Waals surface area contributed by atoms with E-state index in [0.717, 1.165) is 45.2 Å². The van der Waals surface area contributed by atoms with Gasteiger partial charge in [0.05, 0.1) is 12.8 Å². The molecular weight excluding hydrogens is 326 g/mol. The Hall–Kier alpha value is -1.92. The monoisotopic (exact) mass is 355 g/mol. The van der Waals surface area contributed by atoms with E-state index >= 15 is 0 Å². The maximum Gasteiger partial charge on any atom is 0.213 e. The van der Waals surface area contributed by atoms with Gasteiger partial charge in [-0.3, -0.25) is 14.5 Å². The van der Waals surface area contributed by atoms with Crippen LogP contribution in [0, 0.1) is 5.92 Å². The number of likely N-dealkylation sites (tertiary alicyclic amines) is 2. The van der Waals surface area contributed by atoms with E-state index in [1.54, 1.807) is 6.20 Å². The van der Waals surface area contributed by atoms with Gasteiger partial charge in [-0.05, 0) is 45.3 Å². The summed E-state index contributed by atoms with van der Waals surface area (Å²) in [6.07, 6.45) is 8.37. The van der Waals surface area contributed by atoms with Crippen molar-refractivity contribution in [2.45, 2.75) is 38.4 Å². The number of pyridine rings is 1. The lowest BCUT2D eigenvalue weighted by Gasteiger charge is -2.58. The lowest BCUT2D eigenvalue weighted by Crippen LogP contribution is -2.71. The highest BCUT2D eigenvalue weighted by Crippen LogP contribution is 2.38. The fourth-order valence-corrected chi connectivity index (χ4v) is 4.37. The molecular formula is C20H29N5O. The summed E-state index contributed by atoms with van der Waals surface area (Å²) in [5, 5.41) is 4.39. The molecule has 6 nitrogen and oxygen atoms in total. The van der Waals surface area contributed by atoms with Crippen molar-refractivity contribution in [1.29, 1.82) is 0 Å². The summed E-state index contributed by atoms with van der Waals surface area (Å²) in [6, 6.07) is 5.83. The molecule has 0 saturated carbocycles. The number of nitrogens with zero attached hydrogens (tertiary/aromatic N) is 5. The molecule has 0 radical (unpaired) electrons. The van der Waals surface area contributed by atoms with Gasteiger partial charge in [0.1, 0.15) is 0 Å². The van der Waals surface area contributed by atoms with E-state index in [1.165, 1.54) is 18.4 Å². The number of likely N-dealkylation sites (N-methyl/N-ethyl adjacent to an activating group) is 1. The summed E-state index contributed by atoms with van der Waals surface area (Å²) >= 11 is 0. The van der Waals surface area contributed by atoms with Crippen LogP contribution < -0.4 is 4.74 Å². The number of hydrogen-bond donors (Lipinski definition) is 0. The van der Waals surface area contributed by atoms with Crippen LogP contribution in [0.15, 0.2) is 36.8 Å². The van der Waals surface area contributed by atoms with E-state index in [2.05, 4.69) is 40.1 Å². The zero-order valence-electron chi connectivity index (χ0n) is 15.8. The molecule has 2 saturated heterocycles. The zero-order chi connectivity index (χ0) is 18.0. The fraction of sp³-hybridized carbons (Fsp3) is 0.600. The van der Waals surface area contributed by atoms with Crippen LogP contribution in [0.4, 0.5) is 0 Å². The van der Waals surface area contributed by atoms with Crippen molar-refractivity contribution in [3.05, 3.63) is 42.4 Å². The summed E-state index contributed by atoms with van der Waals surface area (Å²) in [4.78, 5) is 9.37. The van der Waals surface area contributed by atoms with Gasteiger partial charge in [0.15, 0.2) is 0 Å². The van der Waals surface area contributed by atoms with Crippen LogP contribution in [0.25, 0.3) is 0 Å². The molecule has 2 aromatic rings. The first-order chi connectivity index (χ1) is 12.7. The van der Waals surface area contributed by atoms with E-state index in [0.29, 0.717) is 11.5 Å². The molecule has 2 aromatic heterocycles. The lowest BCUT2D eigenvalue weighted by molar-refractivity contribution is -0.0875. The summed E-state index contributed by atoms with van der Waals surface area (Å²) in [6.45, 7) is 8.27. The van der Waals surface area contributed by atoms with E-state index < -0.39 is 0 Å². The number of hydrogen-bond acceptors (Lipinski definition) is 5. The van der Waals surface area contributed by atoms with Gasteiger partial charge in [-0.2, -0.15) is 5.10 Å². The van der Waals surface area contributed by atoms with Gasteiger partial charge in [0.2, 0.25) is 5.88 Å². The summed E-state index contributed by atoms with van der Waals surface area (Å²) in [5.74, 6) is 1.35. The summed E-state index contributed by atoms with van der Waals surface area (Å²) in [7, 11) is 2.28. The van der Waals surface area contributed by atoms with Crippen molar-refractivity contribution < 1.29 is 4.74 Å². The van der Waals surface area contributed by atoms with Crippen molar-refractivity contribution >= 4 is 0 Å². The molecule has 0 aromatic carbocycles. The van der Waals surface area contributed by atoms with Gasteiger partial charge in [-0.25, -0.2) is 4.98 Å². The molecule has 4 rings (SSSR count). The first kappa shape index (κ1) is 17.5. The van der Waals surface area contributed by atoms with Crippen molar-refractivity contribution in [2.24, 2.45) is 5.92 Å². The van der Waals surface area contributed by atoms with Crippen LogP contribution >= 0.6 is 0 Å². The number of piperidine rings is 1. The highest BCUT2D eigenvalue weighted by Gasteiger charge is 2.49. The molecule has 2 aliphatic rings. The first-order valence-corrected chi connectivity index (χ1v) is 9.66. The molecule has 1 unspecified atom stereocenters. The Morgan fingerprint density at radius 3 is 2.92 bits per heavy atom. The molecule has 1 atom stereocenters. The van der Waals surface area contributed by atoms with Crippen LogP contribution in [0.3, 0.4) is 0 Å². The topological polar surface area (TPSA) is 46.4 Å². The second-order valence-electron chi connectivity index (χ2n) is 7.83. The largest absolute Gasteiger partial charge is 0.477 e. The zero-order valence-corrected chi connectivity index (χ0v) is 15.8. The standard InChI is InChI=1S/C20H29N5O/c1-3-25-13-18(11-22-25)12-24-15-20(16-24)10-17(7-9-23(20)2)14-26-19-6-4-5-8-21-19/h4-6,8,11,13,17H,3,7,9-10,12,14-16H2,1-2H3. The Morgan fingerprint density at radius 2 is 2.19 bits per heavy atom. The molecule has 1 spiro atoms. The van der Waals surface area contributed by atoms with E-state index in [4.69, 9.17) is 4.74 Å². The van der Waals surface area contributed by atoms with Gasteiger partial charge < -0.3 is 4.74 Å². The molecule has 140 valence electrons. The predicted molar refractivity (Wildman–Crippen MR) is 101 cm³/mol. The number of aromatic nitrogens is 3. The molecule has 0 N–H and O–H groups in total. The second kappa shape index (κ2) is 7.37. The van der Waals surface area contributed by atoms with Crippen LogP contribution in [-0.4, -0.2) is 63.4 Å². The van der Waals surface area contributed by atoms with Gasteiger partial charge in [-0.15, -0.1) is 0 Å². The number of ether oxygens (including phenoxy) is 1. The van der Waals surface area contributed by atoms with Crippen LogP contribution in [-0.2, 0) is 13.1 Å². The molecule has 4 heterocycles. The van der Waals surface area contributed by atoms with Crippen LogP contribution in [0.1, 0.15) is 25.3 Å². The third kappa shape index (κ3) is 3.62. The maximum absolute atomic E-state index is 5.93. The number of rotatable bonds is 6. The normalized spacial score (nSPS) is 23.1. The minimum absolute atomic E-state index is 0.317. The van der Waals surface area contributed by atoms with Gasteiger partial charge in [0, 0.05) is 55.7 Å². The molecule has 0 aliphatic carbocycles. The van der Waals surface area contributed by atoms with E-state index in [-0.39, 0.29) is 0 Å². The molecule has 0 bridgehead atoms. The van der Waals surface area contributed by atoms with Gasteiger partial charge >= 0.3 is 0 Å². The molecule has 2 aliphatic heterocycles. The molecule has 6 heteroatoms. The fourth-order valence-electron chi connectivity index (χ4n) is 4.37. The minimum atomic E-state index is 0.317. The highest BCUT2D eigenvalue weighted by atomic mass is 16.5. The SMILES string of the molecule is CCn1cc(CN2CC3(CC(COc4ccccn4)CCN3C)C2)cn1.